The van der Waals surface area contributed by atoms with Gasteiger partial charge in [0, 0.05) is 23.9 Å². The van der Waals surface area contributed by atoms with Crippen molar-refractivity contribution in [3.63, 3.8) is 0 Å². The van der Waals surface area contributed by atoms with Crippen molar-refractivity contribution in [2.45, 2.75) is 45.1 Å². The van der Waals surface area contributed by atoms with Crippen LogP contribution in [-0.2, 0) is 9.59 Å². The highest BCUT2D eigenvalue weighted by molar-refractivity contribution is 6.44. The normalized spacial score (nSPS) is 17.3. The molecule has 0 radical (unpaired) electrons. The lowest BCUT2D eigenvalue weighted by molar-refractivity contribution is -0.576. The summed E-state index contributed by atoms with van der Waals surface area (Å²) in [6, 6.07) is 10.7. The van der Waals surface area contributed by atoms with Crippen molar-refractivity contribution in [2.24, 2.45) is 0 Å². The average molecular weight is 447 g/mol. The van der Waals surface area contributed by atoms with Gasteiger partial charge >= 0.3 is 5.91 Å². The predicted octanol–water partition coefficient (Wildman–Crippen LogP) is 2.97. The fraction of sp³-hybridized carbons (Fsp3) is 0.280. The van der Waals surface area contributed by atoms with Crippen molar-refractivity contribution in [1.29, 1.82) is 0 Å². The number of aromatic amines is 1. The molecule has 168 valence electrons. The van der Waals surface area contributed by atoms with Gasteiger partial charge in [0.2, 0.25) is 0 Å². The van der Waals surface area contributed by atoms with Crippen LogP contribution in [0.2, 0.25) is 0 Å². The molecule has 0 spiro atoms. The molecular formula is C25H24FN4O3+. The van der Waals surface area contributed by atoms with E-state index in [9.17, 15) is 18.8 Å². The number of aromatic nitrogens is 3. The monoisotopic (exact) mass is 447 g/mol. The Morgan fingerprint density at radius 1 is 0.939 bits per heavy atom. The van der Waals surface area contributed by atoms with E-state index in [4.69, 9.17) is 0 Å². The molecule has 1 fully saturated rings. The zero-order chi connectivity index (χ0) is 23.1. The number of carbonyl (C=O) groups is 2. The first-order chi connectivity index (χ1) is 16.0. The van der Waals surface area contributed by atoms with Crippen molar-refractivity contribution in [3.05, 3.63) is 82.3 Å². The average Bonchev–Trinajstić information content (AvgIpc) is 3.26. The molecule has 0 bridgehead atoms. The van der Waals surface area contributed by atoms with Crippen molar-refractivity contribution in [2.75, 3.05) is 0 Å². The van der Waals surface area contributed by atoms with Gasteiger partial charge in [-0.05, 0) is 44.0 Å². The van der Waals surface area contributed by atoms with Gasteiger partial charge in [0.15, 0.2) is 12.4 Å². The minimum absolute atomic E-state index is 0.0985. The molecule has 2 aliphatic rings. The Hall–Kier alpha value is -3.81. The van der Waals surface area contributed by atoms with Gasteiger partial charge in [0.05, 0.1) is 11.3 Å². The topological polar surface area (TPSA) is 79.1 Å². The highest BCUT2D eigenvalue weighted by atomic mass is 19.1. The molecule has 1 saturated carbocycles. The second-order valence-corrected chi connectivity index (χ2v) is 8.51. The Morgan fingerprint density at radius 2 is 1.61 bits per heavy atom. The molecule has 1 aliphatic heterocycles. The Labute approximate surface area is 189 Å². The number of H-pyrrole nitrogens is 1. The summed E-state index contributed by atoms with van der Waals surface area (Å²) in [7, 11) is 0. The van der Waals surface area contributed by atoms with Crippen LogP contribution in [0.5, 0.6) is 0 Å². The third kappa shape index (κ3) is 3.51. The second kappa shape index (κ2) is 8.27. The Balaban J connectivity index is 1.69. The number of nitrogens with zero attached hydrogens (tertiary/aromatic N) is 3. The summed E-state index contributed by atoms with van der Waals surface area (Å²) in [6.45, 7) is 1.69. The first-order valence-corrected chi connectivity index (χ1v) is 11.1. The number of benzene rings is 1. The SMILES string of the molecule is Cc1[nH]n(-c2ccc(F)cc2)c(=O)c1C1=C([n+]2ccccc2)C(=O)N(C2CCCCC2)C1=O. The molecule has 1 aromatic carbocycles. The van der Waals surface area contributed by atoms with Crippen LogP contribution in [0.25, 0.3) is 17.0 Å². The van der Waals surface area contributed by atoms with Crippen LogP contribution in [-0.4, -0.2) is 32.5 Å². The summed E-state index contributed by atoms with van der Waals surface area (Å²) in [4.78, 5) is 42.2. The third-order valence-corrected chi connectivity index (χ3v) is 6.41. The largest absolute Gasteiger partial charge is 0.327 e. The molecule has 0 saturated heterocycles. The molecule has 8 heteroatoms. The molecule has 7 nitrogen and oxygen atoms in total. The molecule has 2 aromatic heterocycles. The van der Waals surface area contributed by atoms with E-state index in [0.717, 1.165) is 32.1 Å². The van der Waals surface area contributed by atoms with E-state index >= 15 is 0 Å². The van der Waals surface area contributed by atoms with Gasteiger partial charge < -0.3 is 0 Å². The molecule has 0 unspecified atom stereocenters. The molecule has 1 N–H and O–H groups in total. The molecule has 0 atom stereocenters. The molecule has 33 heavy (non-hydrogen) atoms. The zero-order valence-corrected chi connectivity index (χ0v) is 18.3. The number of hydrogen-bond acceptors (Lipinski definition) is 3. The zero-order valence-electron chi connectivity index (χ0n) is 18.3. The van der Waals surface area contributed by atoms with E-state index in [2.05, 4.69) is 5.10 Å². The highest BCUT2D eigenvalue weighted by Gasteiger charge is 2.49. The van der Waals surface area contributed by atoms with Crippen molar-refractivity contribution in [1.82, 2.24) is 14.7 Å². The maximum atomic E-state index is 13.7. The summed E-state index contributed by atoms with van der Waals surface area (Å²) in [6.07, 6.45) is 7.95. The number of imide groups is 1. The quantitative estimate of drug-likeness (QED) is 0.493. The second-order valence-electron chi connectivity index (χ2n) is 8.51. The van der Waals surface area contributed by atoms with Crippen LogP contribution < -0.4 is 10.1 Å². The van der Waals surface area contributed by atoms with Crippen LogP contribution >= 0.6 is 0 Å². The van der Waals surface area contributed by atoms with Crippen LogP contribution in [0.1, 0.15) is 43.4 Å². The van der Waals surface area contributed by atoms with Crippen LogP contribution in [0.4, 0.5) is 4.39 Å². The first kappa shape index (κ1) is 21.1. The van der Waals surface area contributed by atoms with E-state index in [1.807, 2.05) is 6.07 Å². The smallest absolute Gasteiger partial charge is 0.295 e. The maximum Gasteiger partial charge on any atom is 0.327 e. The summed E-state index contributed by atoms with van der Waals surface area (Å²) >= 11 is 0. The highest BCUT2D eigenvalue weighted by Crippen LogP contribution is 2.34. The number of halogens is 1. The number of hydrogen-bond donors (Lipinski definition) is 1. The summed E-state index contributed by atoms with van der Waals surface area (Å²) in [5.74, 6) is -1.24. The minimum atomic E-state index is -0.463. The van der Waals surface area contributed by atoms with Gasteiger partial charge in [-0.1, -0.05) is 25.3 Å². The summed E-state index contributed by atoms with van der Waals surface area (Å²) in [5.41, 5.74) is 0.862. The molecule has 5 rings (SSSR count). The molecule has 2 amide bonds. The van der Waals surface area contributed by atoms with E-state index in [1.54, 1.807) is 36.0 Å². The Kier molecular flexibility index (Phi) is 5.28. The number of nitrogens with one attached hydrogen (secondary N) is 1. The number of aryl methyl sites for hydroxylation is 1. The van der Waals surface area contributed by atoms with Gasteiger partial charge in [0.1, 0.15) is 11.4 Å². The van der Waals surface area contributed by atoms with Crippen LogP contribution in [0.3, 0.4) is 0 Å². The van der Waals surface area contributed by atoms with Crippen molar-refractivity contribution >= 4 is 23.1 Å². The van der Waals surface area contributed by atoms with E-state index in [-0.39, 0.29) is 28.8 Å². The number of carbonyl (C=O) groups excluding carboxylic acids is 2. The van der Waals surface area contributed by atoms with Crippen molar-refractivity contribution in [3.8, 4) is 5.69 Å². The molecule has 3 heterocycles. The van der Waals surface area contributed by atoms with Gasteiger partial charge in [-0.25, -0.2) is 9.07 Å². The Bertz CT molecular complexity index is 1320. The van der Waals surface area contributed by atoms with E-state index in [0.29, 0.717) is 11.4 Å². The lowest BCUT2D eigenvalue weighted by Gasteiger charge is -2.29. The fourth-order valence-electron chi connectivity index (χ4n) is 4.83. The number of rotatable bonds is 4. The minimum Gasteiger partial charge on any atom is -0.295 e. The third-order valence-electron chi connectivity index (χ3n) is 6.41. The molecule has 3 aromatic rings. The standard InChI is InChI=1S/C25H23FN4O3/c1-16-20(24(32)30(27-16)19-12-10-17(26)11-13-19)21-22(28-14-6-3-7-15-28)25(33)29(23(21)31)18-8-4-2-5-9-18/h3,6-7,10-15,18H,2,4-5,8-9H2,1H3/p+1. The predicted molar refractivity (Wildman–Crippen MR) is 120 cm³/mol. The van der Waals surface area contributed by atoms with Gasteiger partial charge in [0.25, 0.3) is 17.2 Å². The fourth-order valence-corrected chi connectivity index (χ4v) is 4.83. The number of pyridine rings is 1. The number of amides is 2. The summed E-state index contributed by atoms with van der Waals surface area (Å²) in [5, 5.41) is 2.98. The van der Waals surface area contributed by atoms with Gasteiger partial charge in [-0.15, -0.1) is 0 Å². The Morgan fingerprint density at radius 3 is 2.27 bits per heavy atom. The van der Waals surface area contributed by atoms with Crippen molar-refractivity contribution < 1.29 is 18.5 Å². The van der Waals surface area contributed by atoms with Crippen LogP contribution in [0, 0.1) is 12.7 Å². The lowest BCUT2D eigenvalue weighted by atomic mass is 9.94. The van der Waals surface area contributed by atoms with Gasteiger partial charge in [-0.3, -0.25) is 24.4 Å². The summed E-state index contributed by atoms with van der Waals surface area (Å²) < 4.78 is 16.3. The van der Waals surface area contributed by atoms with E-state index in [1.165, 1.54) is 33.8 Å². The maximum absolute atomic E-state index is 13.7. The lowest BCUT2D eigenvalue weighted by Crippen LogP contribution is -2.45. The molecular weight excluding hydrogens is 423 g/mol. The van der Waals surface area contributed by atoms with E-state index < -0.39 is 17.3 Å². The molecule has 1 aliphatic carbocycles. The first-order valence-electron chi connectivity index (χ1n) is 11.1. The van der Waals surface area contributed by atoms with Crippen LogP contribution in [0.15, 0.2) is 59.7 Å². The van der Waals surface area contributed by atoms with Gasteiger partial charge in [-0.2, -0.15) is 4.57 Å².